The van der Waals surface area contributed by atoms with E-state index in [1.807, 2.05) is 36.6 Å². The molecule has 2 aromatic heterocycles. The van der Waals surface area contributed by atoms with Gasteiger partial charge < -0.3 is 56.0 Å². The molecule has 0 bridgehead atoms. The molecule has 23 nitrogen and oxygen atoms in total. The van der Waals surface area contributed by atoms with Crippen molar-refractivity contribution >= 4 is 109 Å². The van der Waals surface area contributed by atoms with Gasteiger partial charge >= 0.3 is 18.2 Å². The second kappa shape index (κ2) is 29.2. The molecule has 5 aromatic rings. The van der Waals surface area contributed by atoms with Crippen LogP contribution in [0.25, 0.3) is 21.0 Å². The molecule has 1 fully saturated rings. The van der Waals surface area contributed by atoms with E-state index in [2.05, 4.69) is 20.5 Å². The van der Waals surface area contributed by atoms with E-state index in [1.165, 1.54) is 58.1 Å². The lowest BCUT2D eigenvalue weighted by molar-refractivity contribution is -0.137. The molecular weight excluding hydrogens is 1150 g/mol. The number of aryl methyl sites for hydroxylation is 1. The summed E-state index contributed by atoms with van der Waals surface area (Å²) in [6, 6.07) is 12.6. The number of hydrogen-bond acceptors (Lipinski definition) is 14. The molecule has 0 radical (unpaired) electrons. The first kappa shape index (κ1) is 63.8. The number of unbranched alkanes of at least 4 members (excludes halogenated alkanes) is 2. The molecule has 3 aliphatic rings. The van der Waals surface area contributed by atoms with Gasteiger partial charge in [-0.2, -0.15) is 0 Å². The largest absolute Gasteiger partial charge is 0.492 e. The highest BCUT2D eigenvalue weighted by Crippen LogP contribution is 2.49. The van der Waals surface area contributed by atoms with Gasteiger partial charge in [0.25, 0.3) is 23.6 Å². The van der Waals surface area contributed by atoms with Crippen LogP contribution >= 0.6 is 22.9 Å². The summed E-state index contributed by atoms with van der Waals surface area (Å²) < 4.78 is 18.6. The number of imide groups is 1. The van der Waals surface area contributed by atoms with E-state index in [4.69, 9.17) is 37.3 Å². The Morgan fingerprint density at radius 2 is 1.58 bits per heavy atom. The summed E-state index contributed by atoms with van der Waals surface area (Å²) in [4.78, 5) is 130. The zero-order valence-corrected chi connectivity index (χ0v) is 50.8. The number of benzene rings is 3. The number of carbonyl (C=O) groups is 9. The van der Waals surface area contributed by atoms with Gasteiger partial charge in [-0.05, 0) is 123 Å². The number of H-pyrrole nitrogens is 1. The van der Waals surface area contributed by atoms with Gasteiger partial charge in [0.15, 0.2) is 5.75 Å². The molecule has 86 heavy (non-hydrogen) atoms. The first-order valence-electron chi connectivity index (χ1n) is 29.0. The second-order valence-electron chi connectivity index (χ2n) is 22.3. The number of nitrogens with two attached hydrogens (primary N) is 2. The minimum absolute atomic E-state index is 0.0309. The van der Waals surface area contributed by atoms with E-state index < -0.39 is 53.9 Å². The molecule has 1 saturated heterocycles. The SMILES string of the molecule is Cc1csc2c(OC(=O)N(C)CCN(C)C(=O)OCc3ccc(N(C(=O)[C@@H](NC(=O)CCCCCN4C(=O)C=CC4=O)C(C)C)[C@@H](CCCNC(N)=O)C(N)=O)cc3)cc3c(c12)[C@H](CCl)CN3C(=O)c1cc2cc(OCCN3CCCC3)ccc2[nH]1. The fourth-order valence-corrected chi connectivity index (χ4v) is 12.1. The number of likely N-dealkylation sites (tertiary alicyclic amines) is 1. The third-order valence-corrected chi connectivity index (χ3v) is 17.2. The third kappa shape index (κ3) is 15.6. The lowest BCUT2D eigenvalue weighted by Gasteiger charge is -2.34. The van der Waals surface area contributed by atoms with Crippen LogP contribution in [0.1, 0.15) is 98.3 Å². The quantitative estimate of drug-likeness (QED) is 0.0190. The van der Waals surface area contributed by atoms with Crippen molar-refractivity contribution in [3.05, 3.63) is 94.5 Å². The number of urea groups is 1. The molecule has 3 aliphatic heterocycles. The number of likely N-dealkylation sites (N-methyl/N-ethyl adjacent to an activating group) is 2. The van der Waals surface area contributed by atoms with Crippen molar-refractivity contribution in [2.24, 2.45) is 17.4 Å². The first-order valence-corrected chi connectivity index (χ1v) is 30.4. The van der Waals surface area contributed by atoms with E-state index >= 15 is 0 Å². The lowest BCUT2D eigenvalue weighted by Crippen LogP contribution is -2.57. The van der Waals surface area contributed by atoms with Crippen molar-refractivity contribution in [1.82, 2.24) is 35.2 Å². The molecule has 8 rings (SSSR count). The van der Waals surface area contributed by atoms with Crippen LogP contribution in [-0.4, -0.2) is 169 Å². The average Bonchev–Trinajstić information content (AvgIpc) is 1.65. The predicted molar refractivity (Wildman–Crippen MR) is 327 cm³/mol. The zero-order chi connectivity index (χ0) is 61.8. The van der Waals surface area contributed by atoms with Crippen molar-refractivity contribution in [2.75, 3.05) is 88.7 Å². The Hall–Kier alpha value is -8.22. The summed E-state index contributed by atoms with van der Waals surface area (Å²) in [6.07, 6.45) is 5.23. The van der Waals surface area contributed by atoms with Crippen LogP contribution in [0.15, 0.2) is 72.1 Å². The molecule has 5 heterocycles. The van der Waals surface area contributed by atoms with Gasteiger partial charge in [-0.25, -0.2) is 14.4 Å². The van der Waals surface area contributed by atoms with E-state index in [0.717, 1.165) is 62.4 Å². The molecule has 0 unspecified atom stereocenters. The Bertz CT molecular complexity index is 3340. The molecule has 3 atom stereocenters. The Balaban J connectivity index is 0.872. The number of anilines is 2. The van der Waals surface area contributed by atoms with Crippen LogP contribution < -0.4 is 41.4 Å². The lowest BCUT2D eigenvalue weighted by atomic mass is 9.97. The maximum Gasteiger partial charge on any atom is 0.415 e. The third-order valence-electron chi connectivity index (χ3n) is 15.7. The van der Waals surface area contributed by atoms with Crippen molar-refractivity contribution < 1.29 is 57.4 Å². The second-order valence-corrected chi connectivity index (χ2v) is 23.5. The standard InChI is InChI=1S/C61H76ClN11O12S/c1-37(2)54(67-49(74)13-7-6-8-25-71-50(75)20-21-51(71)76)58(79)73(46(56(63)77)12-11-22-65-59(64)80)42-16-14-39(15-17-42)35-84-60(81)68(4)26-27-69(5)61(82)85-48-32-47-53(52-38(3)36-86-55(48)52)41(33-62)34-72(47)57(78)45-31-40-30-43(18-19-44(40)66-45)83-29-28-70-23-9-10-24-70/h14-21,30-32,36-37,41,46,54,66H,6-13,22-29,33-35H2,1-5H3,(H2,63,77)(H,67,74)(H3,64,65,80)/t41-,46+,54+/m1/s1. The molecule has 0 saturated carbocycles. The van der Waals surface area contributed by atoms with Gasteiger partial charge in [-0.1, -0.05) is 32.4 Å². The van der Waals surface area contributed by atoms with Crippen LogP contribution in [0.4, 0.5) is 25.8 Å². The number of hydrogen-bond donors (Lipinski definition) is 5. The number of halogens is 1. The number of primary amides is 2. The normalized spacial score (nSPS) is 15.5. The summed E-state index contributed by atoms with van der Waals surface area (Å²) >= 11 is 8.04. The summed E-state index contributed by atoms with van der Waals surface area (Å²) in [5.74, 6) is -2.23. The molecule has 7 N–H and O–H groups in total. The number of amides is 10. The van der Waals surface area contributed by atoms with Crippen LogP contribution in [0.5, 0.6) is 11.5 Å². The number of alkyl halides is 1. The number of rotatable bonds is 28. The van der Waals surface area contributed by atoms with E-state index in [1.54, 1.807) is 56.1 Å². The highest BCUT2D eigenvalue weighted by atomic mass is 35.5. The first-order chi connectivity index (χ1) is 41.2. The van der Waals surface area contributed by atoms with Crippen molar-refractivity contribution in [1.29, 1.82) is 0 Å². The number of thiophene rings is 1. The van der Waals surface area contributed by atoms with E-state index in [0.29, 0.717) is 49.4 Å². The topological polar surface area (TPSA) is 293 Å². The summed E-state index contributed by atoms with van der Waals surface area (Å²) in [7, 11) is 3.07. The van der Waals surface area contributed by atoms with Gasteiger partial charge in [0.05, 0.1) is 10.4 Å². The van der Waals surface area contributed by atoms with Crippen molar-refractivity contribution in [3.8, 4) is 11.5 Å². The number of ether oxygens (including phenoxy) is 3. The van der Waals surface area contributed by atoms with Crippen LogP contribution in [0.2, 0.25) is 0 Å². The van der Waals surface area contributed by atoms with E-state index in [9.17, 15) is 43.2 Å². The molecule has 25 heteroatoms. The van der Waals surface area contributed by atoms with Crippen LogP contribution in [0.3, 0.4) is 0 Å². The maximum absolute atomic E-state index is 14.6. The minimum Gasteiger partial charge on any atom is -0.492 e. The Labute approximate surface area is 508 Å². The predicted octanol–water partition coefficient (Wildman–Crippen LogP) is 7.11. The number of aromatic nitrogens is 1. The highest BCUT2D eigenvalue weighted by Gasteiger charge is 2.39. The molecule has 0 spiro atoms. The Morgan fingerprint density at radius 3 is 2.26 bits per heavy atom. The molecule has 0 aliphatic carbocycles. The smallest absolute Gasteiger partial charge is 0.415 e. The number of nitrogens with one attached hydrogen (secondary N) is 3. The van der Waals surface area contributed by atoms with Gasteiger partial charge in [0, 0.05) is 112 Å². The van der Waals surface area contributed by atoms with Crippen molar-refractivity contribution in [2.45, 2.75) is 96.7 Å². The van der Waals surface area contributed by atoms with Gasteiger partial charge in [-0.3, -0.25) is 43.5 Å². The highest BCUT2D eigenvalue weighted by molar-refractivity contribution is 7.17. The monoisotopic (exact) mass is 1220 g/mol. The van der Waals surface area contributed by atoms with Crippen LogP contribution in [0, 0.1) is 12.8 Å². The van der Waals surface area contributed by atoms with Gasteiger partial charge in [0.1, 0.15) is 36.7 Å². The molecule has 460 valence electrons. The molecular formula is C61H76ClN11O12S. The number of fused-ring (bicyclic) bond motifs is 4. The Morgan fingerprint density at radius 1 is 0.872 bits per heavy atom. The number of aromatic amines is 1. The Kier molecular flexibility index (Phi) is 21.7. The van der Waals surface area contributed by atoms with Gasteiger partial charge in [-0.15, -0.1) is 22.9 Å². The summed E-state index contributed by atoms with van der Waals surface area (Å²) in [5.41, 5.74) is 15.6. The molecule has 3 aromatic carbocycles. The number of carbonyl (C=O) groups excluding carboxylic acids is 9. The fraction of sp³-hybridized carbons (Fsp3) is 0.459. The van der Waals surface area contributed by atoms with E-state index in [-0.39, 0.29) is 93.0 Å². The summed E-state index contributed by atoms with van der Waals surface area (Å²) in [6.45, 7) is 9.67. The molecule has 10 amide bonds. The number of nitrogens with zero attached hydrogens (tertiary/aromatic N) is 6. The van der Waals surface area contributed by atoms with Crippen LogP contribution in [-0.2, 0) is 35.3 Å². The van der Waals surface area contributed by atoms with Crippen molar-refractivity contribution in [3.63, 3.8) is 0 Å². The minimum atomic E-state index is -1.21. The average molecular weight is 1220 g/mol. The zero-order valence-electron chi connectivity index (χ0n) is 49.2. The fourth-order valence-electron chi connectivity index (χ4n) is 10.9. The van der Waals surface area contributed by atoms with Gasteiger partial charge in [0.2, 0.25) is 11.8 Å². The maximum atomic E-state index is 14.6. The summed E-state index contributed by atoms with van der Waals surface area (Å²) in [5, 5.41) is 8.99.